The molecular weight excluding hydrogens is 350 g/mol. The third-order valence-electron chi connectivity index (χ3n) is 4.68. The predicted molar refractivity (Wildman–Crippen MR) is 118 cm³/mol. The summed E-state index contributed by atoms with van der Waals surface area (Å²) >= 11 is 0. The fraction of sp³-hybridized carbons (Fsp3) is 0.667. The van der Waals surface area contributed by atoms with Crippen LogP contribution in [0.1, 0.15) is 97.3 Å². The molecule has 160 valence electrons. The summed E-state index contributed by atoms with van der Waals surface area (Å²) in [6, 6.07) is 0. The van der Waals surface area contributed by atoms with Crippen molar-refractivity contribution in [2.24, 2.45) is 5.92 Å². The van der Waals surface area contributed by atoms with Crippen molar-refractivity contribution < 1.29 is 14.4 Å². The quantitative estimate of drug-likeness (QED) is 0.132. The molecule has 0 spiro atoms. The van der Waals surface area contributed by atoms with Crippen LogP contribution < -0.4 is 5.48 Å². The van der Waals surface area contributed by atoms with Gasteiger partial charge in [0.1, 0.15) is 0 Å². The second-order valence-electron chi connectivity index (χ2n) is 7.24. The fourth-order valence-corrected chi connectivity index (χ4v) is 3.01. The van der Waals surface area contributed by atoms with E-state index in [1.54, 1.807) is 0 Å². The van der Waals surface area contributed by atoms with Gasteiger partial charge in [0.05, 0.1) is 0 Å². The SMILES string of the molecule is C=CC(=O)ONC(=O)C(CCC)CCCCCC/C=C\C/C=C\CCCCC. The van der Waals surface area contributed by atoms with E-state index in [2.05, 4.69) is 55.0 Å². The van der Waals surface area contributed by atoms with Gasteiger partial charge in [0.2, 0.25) is 0 Å². The number of carbonyl (C=O) groups is 2. The molecule has 0 bridgehead atoms. The van der Waals surface area contributed by atoms with Crippen LogP contribution in [-0.4, -0.2) is 11.9 Å². The zero-order chi connectivity index (χ0) is 20.9. The Morgan fingerprint density at radius 2 is 1.50 bits per heavy atom. The summed E-state index contributed by atoms with van der Waals surface area (Å²) < 4.78 is 0. The summed E-state index contributed by atoms with van der Waals surface area (Å²) in [5, 5.41) is 0. The highest BCUT2D eigenvalue weighted by atomic mass is 16.7. The lowest BCUT2D eigenvalue weighted by Gasteiger charge is -2.15. The van der Waals surface area contributed by atoms with Crippen molar-refractivity contribution in [2.75, 3.05) is 0 Å². The Bertz CT molecular complexity index is 468. The molecule has 0 radical (unpaired) electrons. The number of unbranched alkanes of at least 4 members (excludes halogenated alkanes) is 7. The van der Waals surface area contributed by atoms with E-state index in [1.807, 2.05) is 0 Å². The number of carbonyl (C=O) groups excluding carboxylic acids is 2. The Labute approximate surface area is 172 Å². The zero-order valence-corrected chi connectivity index (χ0v) is 18.1. The average molecular weight is 392 g/mol. The van der Waals surface area contributed by atoms with E-state index in [-0.39, 0.29) is 11.8 Å². The molecule has 28 heavy (non-hydrogen) atoms. The van der Waals surface area contributed by atoms with Crippen LogP contribution in [-0.2, 0) is 14.4 Å². The van der Waals surface area contributed by atoms with E-state index in [9.17, 15) is 9.59 Å². The lowest BCUT2D eigenvalue weighted by atomic mass is 9.95. The van der Waals surface area contributed by atoms with Crippen molar-refractivity contribution in [3.63, 3.8) is 0 Å². The molecule has 0 aliphatic carbocycles. The Kier molecular flexibility index (Phi) is 18.6. The highest BCUT2D eigenvalue weighted by molar-refractivity contribution is 5.84. The molecule has 0 rings (SSSR count). The smallest absolute Gasteiger partial charge is 0.336 e. The minimum atomic E-state index is -0.636. The second-order valence-corrected chi connectivity index (χ2v) is 7.24. The van der Waals surface area contributed by atoms with E-state index in [0.29, 0.717) is 0 Å². The Morgan fingerprint density at radius 3 is 2.11 bits per heavy atom. The third kappa shape index (κ3) is 16.3. The number of hydroxylamine groups is 1. The molecule has 4 heteroatoms. The Balaban J connectivity index is 3.74. The highest BCUT2D eigenvalue weighted by Crippen LogP contribution is 2.17. The van der Waals surface area contributed by atoms with E-state index < -0.39 is 5.97 Å². The van der Waals surface area contributed by atoms with Crippen LogP contribution in [0, 0.1) is 5.92 Å². The van der Waals surface area contributed by atoms with E-state index in [4.69, 9.17) is 0 Å². The van der Waals surface area contributed by atoms with Crippen LogP contribution >= 0.6 is 0 Å². The summed E-state index contributed by atoms with van der Waals surface area (Å²) in [7, 11) is 0. The fourth-order valence-electron chi connectivity index (χ4n) is 3.01. The van der Waals surface area contributed by atoms with Gasteiger partial charge < -0.3 is 4.84 Å². The Hall–Kier alpha value is -1.84. The van der Waals surface area contributed by atoms with Crippen LogP contribution in [0.5, 0.6) is 0 Å². The summed E-state index contributed by atoms with van der Waals surface area (Å²) in [4.78, 5) is 27.7. The maximum Gasteiger partial charge on any atom is 0.355 e. The lowest BCUT2D eigenvalue weighted by Crippen LogP contribution is -2.32. The molecule has 1 N–H and O–H groups in total. The first-order valence-electron chi connectivity index (χ1n) is 11.1. The summed E-state index contributed by atoms with van der Waals surface area (Å²) in [5.41, 5.74) is 2.24. The standard InChI is InChI=1S/C24H41NO3/c1-4-7-8-9-10-11-12-13-14-15-16-17-18-19-21-22(20-5-2)24(27)25-28-23(26)6-3/h6,10-11,13-14,22H,3-5,7-9,12,15-21H2,1-2H3,(H,25,27)/b11-10-,14-13-. The van der Waals surface area contributed by atoms with Gasteiger partial charge in [-0.05, 0) is 44.9 Å². The van der Waals surface area contributed by atoms with Gasteiger partial charge in [-0.1, -0.05) is 83.3 Å². The van der Waals surface area contributed by atoms with E-state index >= 15 is 0 Å². The van der Waals surface area contributed by atoms with Gasteiger partial charge in [-0.15, -0.1) is 0 Å². The Morgan fingerprint density at radius 1 is 0.857 bits per heavy atom. The van der Waals surface area contributed by atoms with Gasteiger partial charge >= 0.3 is 5.97 Å². The maximum absolute atomic E-state index is 12.1. The number of nitrogens with one attached hydrogen (secondary N) is 1. The summed E-state index contributed by atoms with van der Waals surface area (Å²) in [6.45, 7) is 7.60. The second kappa shape index (κ2) is 19.9. The molecule has 0 aromatic rings. The van der Waals surface area contributed by atoms with Gasteiger partial charge in [-0.3, -0.25) is 4.79 Å². The normalized spacial score (nSPS) is 12.4. The van der Waals surface area contributed by atoms with Crippen molar-refractivity contribution in [1.29, 1.82) is 0 Å². The molecule has 0 aliphatic rings. The van der Waals surface area contributed by atoms with Crippen molar-refractivity contribution in [3.8, 4) is 0 Å². The van der Waals surface area contributed by atoms with Crippen molar-refractivity contribution >= 4 is 11.9 Å². The lowest BCUT2D eigenvalue weighted by molar-refractivity contribution is -0.155. The van der Waals surface area contributed by atoms with Gasteiger partial charge in [0.15, 0.2) is 0 Å². The predicted octanol–water partition coefficient (Wildman–Crippen LogP) is 6.59. The van der Waals surface area contributed by atoms with Crippen molar-refractivity contribution in [2.45, 2.75) is 97.3 Å². The van der Waals surface area contributed by atoms with Crippen LogP contribution in [0.4, 0.5) is 0 Å². The number of rotatable bonds is 17. The number of allylic oxidation sites excluding steroid dienone is 4. The first-order valence-corrected chi connectivity index (χ1v) is 11.1. The molecule has 0 aromatic heterocycles. The minimum Gasteiger partial charge on any atom is -0.336 e. The first kappa shape index (κ1) is 26.2. The van der Waals surface area contributed by atoms with E-state index in [0.717, 1.165) is 51.0 Å². The maximum atomic E-state index is 12.1. The third-order valence-corrected chi connectivity index (χ3v) is 4.68. The van der Waals surface area contributed by atoms with Gasteiger partial charge in [-0.25, -0.2) is 4.79 Å². The van der Waals surface area contributed by atoms with Crippen LogP contribution in [0.2, 0.25) is 0 Å². The van der Waals surface area contributed by atoms with Crippen LogP contribution in [0.3, 0.4) is 0 Å². The van der Waals surface area contributed by atoms with Crippen molar-refractivity contribution in [3.05, 3.63) is 37.0 Å². The number of hydrogen-bond acceptors (Lipinski definition) is 3. The monoisotopic (exact) mass is 391 g/mol. The number of hydrogen-bond donors (Lipinski definition) is 1. The molecular formula is C24H41NO3. The molecule has 1 unspecified atom stereocenters. The molecule has 4 nitrogen and oxygen atoms in total. The molecule has 0 saturated heterocycles. The molecule has 0 saturated carbocycles. The van der Waals surface area contributed by atoms with Gasteiger partial charge in [-0.2, -0.15) is 5.48 Å². The molecule has 0 heterocycles. The molecule has 0 aromatic carbocycles. The average Bonchev–Trinajstić information content (AvgIpc) is 2.71. The molecule has 0 fully saturated rings. The summed E-state index contributed by atoms with van der Waals surface area (Å²) in [6.07, 6.45) is 24.5. The minimum absolute atomic E-state index is 0.0911. The van der Waals surface area contributed by atoms with Crippen LogP contribution in [0.15, 0.2) is 37.0 Å². The summed E-state index contributed by atoms with van der Waals surface area (Å²) in [5.74, 6) is -0.932. The molecule has 0 aliphatic heterocycles. The highest BCUT2D eigenvalue weighted by Gasteiger charge is 2.18. The largest absolute Gasteiger partial charge is 0.355 e. The van der Waals surface area contributed by atoms with Gasteiger partial charge in [0, 0.05) is 12.0 Å². The molecule has 1 atom stereocenters. The van der Waals surface area contributed by atoms with Crippen molar-refractivity contribution in [1.82, 2.24) is 5.48 Å². The molecule has 1 amide bonds. The van der Waals surface area contributed by atoms with Gasteiger partial charge in [0.25, 0.3) is 5.91 Å². The first-order chi connectivity index (χ1) is 13.7. The topological polar surface area (TPSA) is 55.4 Å². The number of amides is 1. The zero-order valence-electron chi connectivity index (χ0n) is 18.1. The van der Waals surface area contributed by atoms with E-state index in [1.165, 1.54) is 38.5 Å². The van der Waals surface area contributed by atoms with Crippen LogP contribution in [0.25, 0.3) is 0 Å².